The maximum absolute atomic E-state index is 10.6. The summed E-state index contributed by atoms with van der Waals surface area (Å²) in [5.74, 6) is -0.566. The molecule has 3 N–H and O–H groups in total. The van der Waals surface area contributed by atoms with E-state index in [1.807, 2.05) is 0 Å². The Hall–Kier alpha value is -0.990. The van der Waals surface area contributed by atoms with E-state index in [2.05, 4.69) is 16.2 Å². The first-order valence-corrected chi connectivity index (χ1v) is 5.00. The van der Waals surface area contributed by atoms with Crippen LogP contribution in [0.25, 0.3) is 0 Å². The highest BCUT2D eigenvalue weighted by atomic mass is 17.2. The minimum Gasteiger partial charge on any atom is -0.460 e. The molecule has 0 aromatic carbocycles. The van der Waals surface area contributed by atoms with E-state index in [0.717, 1.165) is 6.08 Å². The van der Waals surface area contributed by atoms with Gasteiger partial charge in [0, 0.05) is 6.08 Å². The van der Waals surface area contributed by atoms with Crippen molar-refractivity contribution in [3.63, 3.8) is 0 Å². The molecule has 0 aliphatic rings. The number of rotatable bonds is 10. The van der Waals surface area contributed by atoms with Gasteiger partial charge in [-0.05, 0) is 0 Å². The lowest BCUT2D eigenvalue weighted by Gasteiger charge is -2.25. The second kappa shape index (κ2) is 9.08. The number of ether oxygens (including phenoxy) is 1. The Morgan fingerprint density at radius 3 is 2.18 bits per heavy atom. The third kappa shape index (κ3) is 6.35. The summed E-state index contributed by atoms with van der Waals surface area (Å²) in [7, 11) is 0. The largest absolute Gasteiger partial charge is 0.460 e. The zero-order valence-electron chi connectivity index (χ0n) is 9.50. The van der Waals surface area contributed by atoms with Crippen LogP contribution in [-0.2, 0) is 19.3 Å². The molecule has 0 saturated carbocycles. The molecular weight excluding hydrogens is 232 g/mol. The van der Waals surface area contributed by atoms with Crippen molar-refractivity contribution in [1.82, 2.24) is 0 Å². The predicted molar refractivity (Wildman–Crippen MR) is 56.8 cm³/mol. The fourth-order valence-electron chi connectivity index (χ4n) is 0.748. The Morgan fingerprint density at radius 2 is 1.71 bits per heavy atom. The van der Waals surface area contributed by atoms with E-state index >= 15 is 0 Å². The maximum atomic E-state index is 10.6. The predicted octanol–water partition coefficient (Wildman–Crippen LogP) is -1.37. The van der Waals surface area contributed by atoms with Crippen LogP contribution in [0.5, 0.6) is 0 Å². The van der Waals surface area contributed by atoms with E-state index in [1.54, 1.807) is 0 Å². The summed E-state index contributed by atoms with van der Waals surface area (Å²) in [5.41, 5.74) is -1.14. The van der Waals surface area contributed by atoms with Crippen molar-refractivity contribution < 1.29 is 34.6 Å². The minimum atomic E-state index is -1.14. The van der Waals surface area contributed by atoms with Crippen molar-refractivity contribution in [3.8, 4) is 0 Å². The SMILES string of the molecule is C=CC(=O)OCCOOCC(CO)(CO)CO. The molecule has 0 radical (unpaired) electrons. The van der Waals surface area contributed by atoms with E-state index in [9.17, 15) is 4.79 Å². The Bertz CT molecular complexity index is 216. The van der Waals surface area contributed by atoms with Gasteiger partial charge in [-0.3, -0.25) is 0 Å². The molecule has 0 amide bonds. The molecule has 7 nitrogen and oxygen atoms in total. The zero-order chi connectivity index (χ0) is 13.1. The smallest absolute Gasteiger partial charge is 0.330 e. The van der Waals surface area contributed by atoms with Gasteiger partial charge in [-0.15, -0.1) is 0 Å². The van der Waals surface area contributed by atoms with Crippen molar-refractivity contribution in [1.29, 1.82) is 0 Å². The van der Waals surface area contributed by atoms with Crippen LogP contribution in [-0.4, -0.2) is 60.9 Å². The van der Waals surface area contributed by atoms with E-state index in [0.29, 0.717) is 0 Å². The van der Waals surface area contributed by atoms with Crippen LogP contribution < -0.4 is 0 Å². The number of aliphatic hydroxyl groups excluding tert-OH is 3. The molecule has 0 aromatic heterocycles. The van der Waals surface area contributed by atoms with Crippen molar-refractivity contribution in [2.45, 2.75) is 0 Å². The molecule has 0 aromatic rings. The Labute approximate surface area is 99.1 Å². The standard InChI is InChI=1S/C10H18O7/c1-2-9(14)15-3-4-16-17-8-10(5-11,6-12)7-13/h2,11-13H,1,3-8H2. The normalized spacial score (nSPS) is 11.2. The zero-order valence-corrected chi connectivity index (χ0v) is 9.50. The summed E-state index contributed by atoms with van der Waals surface area (Å²) >= 11 is 0. The first-order valence-electron chi connectivity index (χ1n) is 5.00. The summed E-state index contributed by atoms with van der Waals surface area (Å²) in [6, 6.07) is 0. The van der Waals surface area contributed by atoms with Crippen molar-refractivity contribution >= 4 is 5.97 Å². The van der Waals surface area contributed by atoms with Crippen LogP contribution in [0, 0.1) is 5.41 Å². The second-order valence-electron chi connectivity index (χ2n) is 3.43. The Kier molecular flexibility index (Phi) is 8.55. The molecule has 0 unspecified atom stereocenters. The van der Waals surface area contributed by atoms with Crippen molar-refractivity contribution in [3.05, 3.63) is 12.7 Å². The Balaban J connectivity index is 3.62. The molecule has 0 aliphatic heterocycles. The third-order valence-electron chi connectivity index (χ3n) is 2.03. The molecule has 0 saturated heterocycles. The fourth-order valence-corrected chi connectivity index (χ4v) is 0.748. The van der Waals surface area contributed by atoms with Crippen LogP contribution in [0.3, 0.4) is 0 Å². The van der Waals surface area contributed by atoms with E-state index < -0.39 is 31.2 Å². The van der Waals surface area contributed by atoms with Gasteiger partial charge in [0.1, 0.15) is 13.2 Å². The van der Waals surface area contributed by atoms with Gasteiger partial charge in [-0.2, -0.15) is 0 Å². The molecular formula is C10H18O7. The molecule has 17 heavy (non-hydrogen) atoms. The molecule has 100 valence electrons. The van der Waals surface area contributed by atoms with E-state index in [-0.39, 0.29) is 19.8 Å². The van der Waals surface area contributed by atoms with Crippen molar-refractivity contribution in [2.24, 2.45) is 5.41 Å². The van der Waals surface area contributed by atoms with Crippen LogP contribution in [0.15, 0.2) is 12.7 Å². The van der Waals surface area contributed by atoms with Crippen LogP contribution in [0.1, 0.15) is 0 Å². The molecule has 0 atom stereocenters. The lowest BCUT2D eigenvalue weighted by Crippen LogP contribution is -2.38. The van der Waals surface area contributed by atoms with Gasteiger partial charge in [0.15, 0.2) is 0 Å². The van der Waals surface area contributed by atoms with Gasteiger partial charge in [-0.25, -0.2) is 14.6 Å². The molecule has 7 heteroatoms. The number of carbonyl (C=O) groups excluding carboxylic acids is 1. The molecule has 0 aliphatic carbocycles. The Morgan fingerprint density at radius 1 is 1.12 bits per heavy atom. The minimum absolute atomic E-state index is 0.00204. The average Bonchev–Trinajstić information content (AvgIpc) is 2.38. The first-order chi connectivity index (χ1) is 8.14. The molecule has 0 fully saturated rings. The van der Waals surface area contributed by atoms with Gasteiger partial charge in [-0.1, -0.05) is 6.58 Å². The summed E-state index contributed by atoms with van der Waals surface area (Å²) in [6.07, 6.45) is 1.02. The summed E-state index contributed by atoms with van der Waals surface area (Å²) in [5, 5.41) is 26.8. The first kappa shape index (κ1) is 16.0. The van der Waals surface area contributed by atoms with E-state index in [4.69, 9.17) is 20.2 Å². The summed E-state index contributed by atoms with van der Waals surface area (Å²) in [4.78, 5) is 19.9. The number of carbonyl (C=O) groups is 1. The molecule has 0 bridgehead atoms. The molecule has 0 rings (SSSR count). The molecule has 0 heterocycles. The lowest BCUT2D eigenvalue weighted by atomic mass is 9.93. The van der Waals surface area contributed by atoms with Crippen LogP contribution in [0.4, 0.5) is 0 Å². The maximum Gasteiger partial charge on any atom is 0.330 e. The van der Waals surface area contributed by atoms with Crippen LogP contribution >= 0.6 is 0 Å². The monoisotopic (exact) mass is 250 g/mol. The van der Waals surface area contributed by atoms with Gasteiger partial charge in [0.2, 0.25) is 0 Å². The average molecular weight is 250 g/mol. The summed E-state index contributed by atoms with van der Waals surface area (Å²) < 4.78 is 4.59. The third-order valence-corrected chi connectivity index (χ3v) is 2.03. The number of hydrogen-bond acceptors (Lipinski definition) is 7. The topological polar surface area (TPSA) is 105 Å². The highest BCUT2D eigenvalue weighted by molar-refractivity contribution is 5.81. The van der Waals surface area contributed by atoms with Crippen LogP contribution in [0.2, 0.25) is 0 Å². The highest BCUT2D eigenvalue weighted by Gasteiger charge is 2.29. The highest BCUT2D eigenvalue weighted by Crippen LogP contribution is 2.14. The molecule has 0 spiro atoms. The van der Waals surface area contributed by atoms with Gasteiger partial charge < -0.3 is 20.1 Å². The summed E-state index contributed by atoms with van der Waals surface area (Å²) in [6.45, 7) is 1.72. The number of aliphatic hydroxyl groups is 3. The quantitative estimate of drug-likeness (QED) is 0.144. The van der Waals surface area contributed by atoms with Crippen molar-refractivity contribution in [2.75, 3.05) is 39.6 Å². The number of hydrogen-bond donors (Lipinski definition) is 3. The van der Waals surface area contributed by atoms with E-state index in [1.165, 1.54) is 0 Å². The fraction of sp³-hybridized carbons (Fsp3) is 0.700. The second-order valence-corrected chi connectivity index (χ2v) is 3.43. The van der Waals surface area contributed by atoms with Gasteiger partial charge >= 0.3 is 5.97 Å². The lowest BCUT2D eigenvalue weighted by molar-refractivity contribution is -0.318. The van der Waals surface area contributed by atoms with Gasteiger partial charge in [0.25, 0.3) is 0 Å². The van der Waals surface area contributed by atoms with Gasteiger partial charge in [0.05, 0.1) is 31.8 Å². The number of esters is 1.